The maximum atomic E-state index is 12.7. The minimum atomic E-state index is -1.20. The van der Waals surface area contributed by atoms with E-state index in [1.165, 1.54) is 4.68 Å². The normalized spacial score (nSPS) is 11.9. The SMILES string of the molecule is CC(C)c1cc(Oc2c(Cl)cc(I)cc2Cl)nn(COCC[Si](C)(C)C)c1=O. The molecule has 28 heavy (non-hydrogen) atoms. The Labute approximate surface area is 190 Å². The largest absolute Gasteiger partial charge is 0.434 e. The third-order valence-electron chi connectivity index (χ3n) is 3.98. The molecular weight excluding hydrogens is 530 g/mol. The molecule has 154 valence electrons. The highest BCUT2D eigenvalue weighted by Gasteiger charge is 2.17. The van der Waals surface area contributed by atoms with Crippen LogP contribution in [0.1, 0.15) is 25.3 Å². The number of aromatic nitrogens is 2. The second-order valence-electron chi connectivity index (χ2n) is 8.05. The summed E-state index contributed by atoms with van der Waals surface area (Å²) in [4.78, 5) is 12.7. The predicted molar refractivity (Wildman–Crippen MR) is 126 cm³/mol. The van der Waals surface area contributed by atoms with Crippen LogP contribution in [0.15, 0.2) is 23.0 Å². The minimum Gasteiger partial charge on any atom is -0.434 e. The number of halogens is 3. The van der Waals surface area contributed by atoms with Crippen LogP contribution in [0.25, 0.3) is 0 Å². The van der Waals surface area contributed by atoms with Gasteiger partial charge in [-0.1, -0.05) is 56.7 Å². The van der Waals surface area contributed by atoms with Crippen LogP contribution < -0.4 is 10.3 Å². The average Bonchev–Trinajstić information content (AvgIpc) is 2.55. The molecule has 0 spiro atoms. The van der Waals surface area contributed by atoms with Crippen LogP contribution in [-0.4, -0.2) is 24.5 Å². The Morgan fingerprint density at radius 1 is 1.18 bits per heavy atom. The highest BCUT2D eigenvalue weighted by atomic mass is 127. The molecule has 0 aliphatic rings. The summed E-state index contributed by atoms with van der Waals surface area (Å²) in [7, 11) is -1.20. The van der Waals surface area contributed by atoms with Gasteiger partial charge in [0.25, 0.3) is 5.56 Å². The lowest BCUT2D eigenvalue weighted by atomic mass is 10.1. The van der Waals surface area contributed by atoms with E-state index >= 15 is 0 Å². The fraction of sp³-hybridized carbons (Fsp3) is 0.474. The van der Waals surface area contributed by atoms with Gasteiger partial charge in [-0.3, -0.25) is 4.79 Å². The Morgan fingerprint density at radius 2 is 1.79 bits per heavy atom. The molecule has 5 nitrogen and oxygen atoms in total. The third-order valence-corrected chi connectivity index (χ3v) is 6.87. The summed E-state index contributed by atoms with van der Waals surface area (Å²) in [5.74, 6) is 0.576. The van der Waals surface area contributed by atoms with E-state index in [-0.39, 0.29) is 24.1 Å². The van der Waals surface area contributed by atoms with E-state index in [2.05, 4.69) is 47.3 Å². The standard InChI is InChI=1S/C19H25Cl2IN2O3Si/c1-12(2)14-10-17(27-18-15(20)8-13(22)9-16(18)21)23-24(19(14)25)11-26-6-7-28(3,4)5/h8-10,12H,6-7,11H2,1-5H3. The van der Waals surface area contributed by atoms with Crippen molar-refractivity contribution in [2.45, 2.75) is 52.2 Å². The molecule has 0 fully saturated rings. The molecule has 0 radical (unpaired) electrons. The Bertz CT molecular complexity index is 875. The van der Waals surface area contributed by atoms with Gasteiger partial charge in [0.05, 0.1) is 10.0 Å². The first-order valence-electron chi connectivity index (χ1n) is 9.00. The monoisotopic (exact) mass is 554 g/mol. The van der Waals surface area contributed by atoms with E-state index in [0.717, 1.165) is 9.61 Å². The summed E-state index contributed by atoms with van der Waals surface area (Å²) >= 11 is 14.7. The van der Waals surface area contributed by atoms with Crippen LogP contribution in [0.3, 0.4) is 0 Å². The first-order valence-corrected chi connectivity index (χ1v) is 14.5. The molecule has 1 aromatic heterocycles. The zero-order valence-corrected chi connectivity index (χ0v) is 21.4. The number of nitrogens with zero attached hydrogens (tertiary/aromatic N) is 2. The van der Waals surface area contributed by atoms with Crippen LogP contribution in [-0.2, 0) is 11.5 Å². The molecule has 0 atom stereocenters. The lowest BCUT2D eigenvalue weighted by Gasteiger charge is -2.17. The zero-order valence-electron chi connectivity index (χ0n) is 16.7. The molecule has 0 aliphatic heterocycles. The van der Waals surface area contributed by atoms with Gasteiger partial charge >= 0.3 is 0 Å². The number of hydrogen-bond donors (Lipinski definition) is 0. The molecule has 0 amide bonds. The fourth-order valence-corrected chi connectivity index (χ4v) is 4.66. The average molecular weight is 555 g/mol. The van der Waals surface area contributed by atoms with Gasteiger partial charge in [-0.05, 0) is 46.7 Å². The Balaban J connectivity index is 2.30. The molecule has 0 aliphatic carbocycles. The summed E-state index contributed by atoms with van der Waals surface area (Å²) in [5.41, 5.74) is 0.409. The van der Waals surface area contributed by atoms with Crippen LogP contribution in [0.5, 0.6) is 11.6 Å². The number of ether oxygens (including phenoxy) is 2. The summed E-state index contributed by atoms with van der Waals surface area (Å²) in [6.45, 7) is 11.4. The van der Waals surface area contributed by atoms with E-state index in [4.69, 9.17) is 32.7 Å². The maximum Gasteiger partial charge on any atom is 0.272 e. The van der Waals surface area contributed by atoms with Gasteiger partial charge in [0.15, 0.2) is 5.75 Å². The van der Waals surface area contributed by atoms with Crippen molar-refractivity contribution in [1.82, 2.24) is 9.78 Å². The van der Waals surface area contributed by atoms with Crippen LogP contribution >= 0.6 is 45.8 Å². The highest BCUT2D eigenvalue weighted by Crippen LogP contribution is 2.37. The summed E-state index contributed by atoms with van der Waals surface area (Å²) in [6.07, 6.45) is 0. The first kappa shape index (κ1) is 23.7. The van der Waals surface area contributed by atoms with Gasteiger partial charge in [0, 0.05) is 29.9 Å². The molecule has 0 N–H and O–H groups in total. The summed E-state index contributed by atoms with van der Waals surface area (Å²) in [5, 5.41) is 5.06. The van der Waals surface area contributed by atoms with Gasteiger partial charge in [-0.2, -0.15) is 4.68 Å². The second-order valence-corrected chi connectivity index (χ2v) is 15.7. The Hall–Kier alpha value is -0.613. The fourth-order valence-electron chi connectivity index (χ4n) is 2.35. The minimum absolute atomic E-state index is 0.00810. The van der Waals surface area contributed by atoms with Crippen molar-refractivity contribution in [3.05, 3.63) is 47.7 Å². The van der Waals surface area contributed by atoms with Gasteiger partial charge < -0.3 is 9.47 Å². The molecule has 0 saturated heterocycles. The van der Waals surface area contributed by atoms with E-state index in [1.807, 2.05) is 13.8 Å². The molecule has 0 bridgehead atoms. The van der Waals surface area contributed by atoms with Crippen molar-refractivity contribution >= 4 is 53.9 Å². The number of rotatable bonds is 8. The topological polar surface area (TPSA) is 53.4 Å². The highest BCUT2D eigenvalue weighted by molar-refractivity contribution is 14.1. The predicted octanol–water partition coefficient (Wildman–Crippen LogP) is 6.38. The van der Waals surface area contributed by atoms with Gasteiger partial charge in [-0.15, -0.1) is 5.10 Å². The summed E-state index contributed by atoms with van der Waals surface area (Å²) < 4.78 is 13.8. The van der Waals surface area contributed by atoms with Crippen molar-refractivity contribution in [2.24, 2.45) is 0 Å². The lowest BCUT2D eigenvalue weighted by Crippen LogP contribution is -2.29. The first-order chi connectivity index (χ1) is 13.0. The molecule has 0 unspecified atom stereocenters. The Kier molecular flexibility index (Phi) is 8.39. The van der Waals surface area contributed by atoms with E-state index in [0.29, 0.717) is 28.0 Å². The smallest absolute Gasteiger partial charge is 0.272 e. The van der Waals surface area contributed by atoms with Crippen molar-refractivity contribution in [2.75, 3.05) is 6.61 Å². The quantitative estimate of drug-likeness (QED) is 0.216. The summed E-state index contributed by atoms with van der Waals surface area (Å²) in [6, 6.07) is 6.16. The van der Waals surface area contributed by atoms with Crippen LogP contribution in [0, 0.1) is 3.57 Å². The second kappa shape index (κ2) is 9.93. The number of hydrogen-bond acceptors (Lipinski definition) is 4. The van der Waals surface area contributed by atoms with Gasteiger partial charge in [0.1, 0.15) is 6.73 Å². The zero-order chi connectivity index (χ0) is 21.1. The molecule has 1 aromatic carbocycles. The van der Waals surface area contributed by atoms with Gasteiger partial charge in [0.2, 0.25) is 5.88 Å². The Morgan fingerprint density at radius 3 is 2.32 bits per heavy atom. The molecule has 9 heteroatoms. The van der Waals surface area contributed by atoms with E-state index in [1.54, 1.807) is 18.2 Å². The molecular formula is C19H25Cl2IN2O3Si. The molecule has 2 aromatic rings. The van der Waals surface area contributed by atoms with E-state index in [9.17, 15) is 4.79 Å². The van der Waals surface area contributed by atoms with Crippen LogP contribution in [0.2, 0.25) is 35.7 Å². The third kappa shape index (κ3) is 6.72. The van der Waals surface area contributed by atoms with Crippen LogP contribution in [0.4, 0.5) is 0 Å². The molecule has 1 heterocycles. The lowest BCUT2D eigenvalue weighted by molar-refractivity contribution is 0.0734. The molecule has 2 rings (SSSR count). The van der Waals surface area contributed by atoms with Crippen molar-refractivity contribution in [1.29, 1.82) is 0 Å². The van der Waals surface area contributed by atoms with Crippen molar-refractivity contribution in [3.8, 4) is 11.6 Å². The van der Waals surface area contributed by atoms with E-state index < -0.39 is 8.07 Å². The van der Waals surface area contributed by atoms with Crippen molar-refractivity contribution < 1.29 is 9.47 Å². The van der Waals surface area contributed by atoms with Gasteiger partial charge in [-0.25, -0.2) is 0 Å². The number of benzene rings is 1. The van der Waals surface area contributed by atoms with Crippen molar-refractivity contribution in [3.63, 3.8) is 0 Å². The maximum absolute atomic E-state index is 12.7. The molecule has 0 saturated carbocycles.